The van der Waals surface area contributed by atoms with Gasteiger partial charge in [0.25, 0.3) is 0 Å². The highest BCUT2D eigenvalue weighted by Gasteiger charge is 2.17. The highest BCUT2D eigenvalue weighted by Crippen LogP contribution is 2.44. The zero-order valence-corrected chi connectivity index (χ0v) is 23.7. The van der Waals surface area contributed by atoms with Crippen molar-refractivity contribution in [3.8, 4) is 11.1 Å². The van der Waals surface area contributed by atoms with E-state index in [1.54, 1.807) is 11.3 Å². The molecule has 0 saturated heterocycles. The van der Waals surface area contributed by atoms with Crippen LogP contribution in [0.15, 0.2) is 133 Å². The van der Waals surface area contributed by atoms with Crippen molar-refractivity contribution in [1.82, 2.24) is 0 Å². The number of benzene rings is 6. The van der Waals surface area contributed by atoms with E-state index in [0.717, 1.165) is 26.8 Å². The van der Waals surface area contributed by atoms with E-state index in [1.165, 1.54) is 46.8 Å². The molecule has 2 heterocycles. The molecular formula is C36H22ClNS2. The summed E-state index contributed by atoms with van der Waals surface area (Å²) < 4.78 is 5.00. The standard InChI is InChI=1S/C36H22ClNS2/c37-32-11-6-10-29-31-22-27(18-20-35(31)40-36(29)32)38(25-15-13-24(14-16-25)23-7-2-1-3-8-23)26-17-19-34-30(21-26)28-9-4-5-12-33(28)39-34/h1-22H. The Morgan fingerprint density at radius 1 is 0.425 bits per heavy atom. The van der Waals surface area contributed by atoms with Crippen molar-refractivity contribution in [2.75, 3.05) is 4.90 Å². The fraction of sp³-hybridized carbons (Fsp3) is 0. The third kappa shape index (κ3) is 3.89. The molecular weight excluding hydrogens is 546 g/mol. The Balaban J connectivity index is 1.34. The number of hydrogen-bond donors (Lipinski definition) is 0. The minimum absolute atomic E-state index is 0.809. The minimum Gasteiger partial charge on any atom is -0.310 e. The molecule has 1 nitrogen and oxygen atoms in total. The molecule has 40 heavy (non-hydrogen) atoms. The number of thiophene rings is 2. The molecule has 0 aliphatic carbocycles. The maximum atomic E-state index is 6.58. The van der Waals surface area contributed by atoms with Gasteiger partial charge < -0.3 is 4.90 Å². The van der Waals surface area contributed by atoms with E-state index in [1.807, 2.05) is 23.5 Å². The predicted octanol–water partition coefficient (Wildman–Crippen LogP) is 12.2. The van der Waals surface area contributed by atoms with Gasteiger partial charge >= 0.3 is 0 Å². The molecule has 8 rings (SSSR count). The smallest absolute Gasteiger partial charge is 0.0584 e. The van der Waals surface area contributed by atoms with Crippen molar-refractivity contribution in [2.24, 2.45) is 0 Å². The summed E-state index contributed by atoms with van der Waals surface area (Å²) in [6.07, 6.45) is 0. The quantitative estimate of drug-likeness (QED) is 0.204. The molecule has 0 saturated carbocycles. The SMILES string of the molecule is Clc1cccc2c1sc1ccc(N(c3ccc(-c4ccccc4)cc3)c3ccc4sc5ccccc5c4c3)cc12. The van der Waals surface area contributed by atoms with Crippen molar-refractivity contribution in [3.05, 3.63) is 138 Å². The van der Waals surface area contributed by atoms with E-state index in [2.05, 4.69) is 126 Å². The van der Waals surface area contributed by atoms with E-state index in [-0.39, 0.29) is 0 Å². The topological polar surface area (TPSA) is 3.24 Å². The second-order valence-corrected chi connectivity index (χ2v) is 12.5. The first-order chi connectivity index (χ1) is 19.7. The monoisotopic (exact) mass is 567 g/mol. The van der Waals surface area contributed by atoms with Gasteiger partial charge in [0.1, 0.15) is 0 Å². The first-order valence-electron chi connectivity index (χ1n) is 13.2. The molecule has 0 amide bonds. The third-order valence-electron chi connectivity index (χ3n) is 7.54. The maximum Gasteiger partial charge on any atom is 0.0584 e. The first-order valence-corrected chi connectivity index (χ1v) is 15.2. The number of anilines is 3. The third-order valence-corrected chi connectivity index (χ3v) is 10.3. The van der Waals surface area contributed by atoms with E-state index in [9.17, 15) is 0 Å². The van der Waals surface area contributed by atoms with Crippen molar-refractivity contribution in [2.45, 2.75) is 0 Å². The molecule has 8 aromatic rings. The van der Waals surface area contributed by atoms with Crippen molar-refractivity contribution in [1.29, 1.82) is 0 Å². The van der Waals surface area contributed by atoms with Crippen molar-refractivity contribution < 1.29 is 0 Å². The van der Waals surface area contributed by atoms with Crippen LogP contribution in [0, 0.1) is 0 Å². The van der Waals surface area contributed by atoms with Gasteiger partial charge in [-0.1, -0.05) is 84.4 Å². The van der Waals surface area contributed by atoms with Crippen LogP contribution < -0.4 is 4.90 Å². The normalized spacial score (nSPS) is 11.6. The molecule has 0 radical (unpaired) electrons. The molecule has 190 valence electrons. The second-order valence-electron chi connectivity index (χ2n) is 9.93. The Bertz CT molecular complexity index is 2180. The molecule has 0 aliphatic rings. The van der Waals surface area contributed by atoms with Crippen LogP contribution in [0.3, 0.4) is 0 Å². The summed E-state index contributed by atoms with van der Waals surface area (Å²) >= 11 is 10.2. The molecule has 0 unspecified atom stereocenters. The largest absolute Gasteiger partial charge is 0.310 e. The van der Waals surface area contributed by atoms with Gasteiger partial charge in [-0.3, -0.25) is 0 Å². The molecule has 0 bridgehead atoms. The predicted molar refractivity (Wildman–Crippen MR) is 177 cm³/mol. The molecule has 0 aliphatic heterocycles. The highest BCUT2D eigenvalue weighted by atomic mass is 35.5. The number of nitrogens with zero attached hydrogens (tertiary/aromatic N) is 1. The average Bonchev–Trinajstić information content (AvgIpc) is 3.57. The summed E-state index contributed by atoms with van der Waals surface area (Å²) in [5, 5.41) is 5.83. The Labute approximate surface area is 245 Å². The highest BCUT2D eigenvalue weighted by molar-refractivity contribution is 7.26. The van der Waals surface area contributed by atoms with Crippen LogP contribution in [0.4, 0.5) is 17.1 Å². The molecule has 0 spiro atoms. The van der Waals surface area contributed by atoms with Crippen LogP contribution in [0.5, 0.6) is 0 Å². The Kier molecular flexibility index (Phi) is 5.63. The van der Waals surface area contributed by atoms with Crippen molar-refractivity contribution in [3.63, 3.8) is 0 Å². The van der Waals surface area contributed by atoms with Gasteiger partial charge in [0.15, 0.2) is 0 Å². The fourth-order valence-electron chi connectivity index (χ4n) is 5.63. The number of halogens is 1. The van der Waals surface area contributed by atoms with Crippen LogP contribution in [0.25, 0.3) is 51.5 Å². The summed E-state index contributed by atoms with van der Waals surface area (Å²) in [5.74, 6) is 0. The molecule has 0 atom stereocenters. The number of fused-ring (bicyclic) bond motifs is 6. The molecule has 0 fully saturated rings. The van der Waals surface area contributed by atoms with Gasteiger partial charge in [0.05, 0.1) is 9.72 Å². The summed E-state index contributed by atoms with van der Waals surface area (Å²) in [7, 11) is 0. The zero-order chi connectivity index (χ0) is 26.6. The van der Waals surface area contributed by atoms with Gasteiger partial charge in [0.2, 0.25) is 0 Å². The maximum absolute atomic E-state index is 6.58. The van der Waals surface area contributed by atoms with Crippen LogP contribution in [-0.2, 0) is 0 Å². The van der Waals surface area contributed by atoms with E-state index in [0.29, 0.717) is 0 Å². The van der Waals surface area contributed by atoms with E-state index in [4.69, 9.17) is 11.6 Å². The van der Waals surface area contributed by atoms with E-state index >= 15 is 0 Å². The average molecular weight is 568 g/mol. The molecule has 0 N–H and O–H groups in total. The van der Waals surface area contributed by atoms with Crippen LogP contribution in [0.1, 0.15) is 0 Å². The lowest BCUT2D eigenvalue weighted by atomic mass is 10.0. The minimum atomic E-state index is 0.809. The van der Waals surface area contributed by atoms with Gasteiger partial charge in [0, 0.05) is 52.7 Å². The lowest BCUT2D eigenvalue weighted by molar-refractivity contribution is 1.30. The molecule has 6 aromatic carbocycles. The second kappa shape index (κ2) is 9.50. The summed E-state index contributed by atoms with van der Waals surface area (Å²) in [5.41, 5.74) is 5.81. The molecule has 2 aromatic heterocycles. The van der Waals surface area contributed by atoms with Gasteiger partial charge in [-0.05, 0) is 71.8 Å². The molecule has 4 heteroatoms. The van der Waals surface area contributed by atoms with Gasteiger partial charge in [-0.25, -0.2) is 0 Å². The van der Waals surface area contributed by atoms with E-state index < -0.39 is 0 Å². The first kappa shape index (κ1) is 23.7. The summed E-state index contributed by atoms with van der Waals surface area (Å²) in [4.78, 5) is 2.37. The fourth-order valence-corrected chi connectivity index (χ4v) is 8.09. The van der Waals surface area contributed by atoms with Crippen LogP contribution in [-0.4, -0.2) is 0 Å². The number of hydrogen-bond acceptors (Lipinski definition) is 3. The summed E-state index contributed by atoms with van der Waals surface area (Å²) in [6.45, 7) is 0. The summed E-state index contributed by atoms with van der Waals surface area (Å²) in [6, 6.07) is 47.9. The lowest BCUT2D eigenvalue weighted by Crippen LogP contribution is -2.09. The Morgan fingerprint density at radius 2 is 1.00 bits per heavy atom. The number of rotatable bonds is 4. The Morgan fingerprint density at radius 3 is 1.77 bits per heavy atom. The van der Waals surface area contributed by atoms with Crippen LogP contribution >= 0.6 is 34.3 Å². The van der Waals surface area contributed by atoms with Crippen molar-refractivity contribution >= 4 is 91.7 Å². The van der Waals surface area contributed by atoms with Crippen LogP contribution in [0.2, 0.25) is 5.02 Å². The Hall–Kier alpha value is -4.15. The van der Waals surface area contributed by atoms with Gasteiger partial charge in [-0.2, -0.15) is 0 Å². The van der Waals surface area contributed by atoms with Gasteiger partial charge in [-0.15, -0.1) is 22.7 Å². The lowest BCUT2D eigenvalue weighted by Gasteiger charge is -2.26. The zero-order valence-electron chi connectivity index (χ0n) is 21.3.